The quantitative estimate of drug-likeness (QED) is 0.308. The number of rotatable bonds is 6. The van der Waals surface area contributed by atoms with Crippen molar-refractivity contribution in [2.75, 3.05) is 10.6 Å². The summed E-state index contributed by atoms with van der Waals surface area (Å²) in [6, 6.07) is 13.6. The maximum Gasteiger partial charge on any atom is 0.177 e. The molecule has 6 nitrogen and oxygen atoms in total. The maximum absolute atomic E-state index is 13.8. The van der Waals surface area contributed by atoms with Crippen LogP contribution in [-0.4, -0.2) is 24.7 Å². The summed E-state index contributed by atoms with van der Waals surface area (Å²) in [5, 5.41) is 16.4. The topological polar surface area (TPSA) is 59.7 Å². The molecule has 2 aromatic heterocycles. The number of hydrogen-bond donors (Lipinski definition) is 2. The lowest BCUT2D eigenvalue weighted by Crippen LogP contribution is -2.20. The average molecular weight is 510 g/mol. The van der Waals surface area contributed by atoms with Crippen molar-refractivity contribution in [2.24, 2.45) is 0 Å². The highest BCUT2D eigenvalue weighted by atomic mass is 35.5. The van der Waals surface area contributed by atoms with Gasteiger partial charge >= 0.3 is 0 Å². The molecule has 0 amide bonds. The van der Waals surface area contributed by atoms with Gasteiger partial charge in [-0.25, -0.2) is 4.39 Å². The van der Waals surface area contributed by atoms with Crippen molar-refractivity contribution in [3.8, 4) is 0 Å². The van der Waals surface area contributed by atoms with Crippen LogP contribution in [0, 0.1) is 5.82 Å². The van der Waals surface area contributed by atoms with Crippen LogP contribution in [0.2, 0.25) is 15.1 Å². The van der Waals surface area contributed by atoms with E-state index < -0.39 is 0 Å². The minimum absolute atomic E-state index is 0.262. The summed E-state index contributed by atoms with van der Waals surface area (Å²) < 4.78 is 17.1. The predicted octanol–water partition coefficient (Wildman–Crippen LogP) is 6.08. The van der Waals surface area contributed by atoms with Gasteiger partial charge in [0.15, 0.2) is 16.7 Å². The molecule has 2 N–H and O–H groups in total. The Hall–Kier alpha value is -2.65. The van der Waals surface area contributed by atoms with Crippen LogP contribution in [0.3, 0.4) is 0 Å². The van der Waals surface area contributed by atoms with Crippen molar-refractivity contribution in [2.45, 2.75) is 13.1 Å². The number of nitrogens with zero attached hydrogens (tertiary/aromatic N) is 4. The lowest BCUT2D eigenvalue weighted by Gasteiger charge is -2.07. The summed E-state index contributed by atoms with van der Waals surface area (Å²) in [5.41, 5.74) is 1.39. The van der Waals surface area contributed by atoms with E-state index in [0.717, 1.165) is 5.56 Å². The van der Waals surface area contributed by atoms with Gasteiger partial charge in [-0.15, -0.1) is 0 Å². The van der Waals surface area contributed by atoms with Gasteiger partial charge in [0.1, 0.15) is 10.8 Å². The van der Waals surface area contributed by atoms with Crippen molar-refractivity contribution < 1.29 is 4.39 Å². The third-order valence-electron chi connectivity index (χ3n) is 4.47. The highest BCUT2D eigenvalue weighted by Crippen LogP contribution is 2.24. The normalized spacial score (nSPS) is 10.9. The molecule has 2 heterocycles. The molecule has 0 saturated heterocycles. The van der Waals surface area contributed by atoms with E-state index >= 15 is 0 Å². The Kier molecular flexibility index (Phi) is 6.95. The van der Waals surface area contributed by atoms with E-state index in [-0.39, 0.29) is 10.9 Å². The number of benzene rings is 2. The van der Waals surface area contributed by atoms with Crippen LogP contribution >= 0.6 is 47.0 Å². The van der Waals surface area contributed by atoms with Crippen molar-refractivity contribution in [1.29, 1.82) is 0 Å². The standard InChI is InChI=1S/C21H16Cl3FN6S/c22-15-6-5-13(16(23)9-15)10-31-12-17(24)20(29-31)27-21(32)26-19-7-8-30(28-19)11-14-3-1-2-4-18(14)25/h1-9,12H,10-11H2,(H2,26,27,28,29,32). The van der Waals surface area contributed by atoms with E-state index in [1.807, 2.05) is 6.07 Å². The monoisotopic (exact) mass is 508 g/mol. The number of thiocarbonyl (C=S) groups is 1. The van der Waals surface area contributed by atoms with E-state index in [0.29, 0.717) is 45.4 Å². The molecule has 0 saturated carbocycles. The average Bonchev–Trinajstić information content (AvgIpc) is 3.32. The molecule has 0 bridgehead atoms. The van der Waals surface area contributed by atoms with Gasteiger partial charge < -0.3 is 10.6 Å². The summed E-state index contributed by atoms with van der Waals surface area (Å²) in [5.74, 6) is 0.613. The van der Waals surface area contributed by atoms with Gasteiger partial charge in [0.05, 0.1) is 13.1 Å². The number of nitrogens with one attached hydrogen (secondary N) is 2. The van der Waals surface area contributed by atoms with Gasteiger partial charge in [-0.2, -0.15) is 10.2 Å². The van der Waals surface area contributed by atoms with Gasteiger partial charge in [0.25, 0.3) is 0 Å². The second-order valence-electron chi connectivity index (χ2n) is 6.83. The molecule has 0 aliphatic carbocycles. The third kappa shape index (κ3) is 5.58. The molecule has 4 aromatic rings. The van der Waals surface area contributed by atoms with Gasteiger partial charge in [-0.3, -0.25) is 9.36 Å². The Morgan fingerprint density at radius 3 is 2.47 bits per heavy atom. The van der Waals surface area contributed by atoms with Crippen LogP contribution in [0.5, 0.6) is 0 Å². The van der Waals surface area contributed by atoms with Crippen LogP contribution in [0.15, 0.2) is 60.9 Å². The first-order valence-corrected chi connectivity index (χ1v) is 10.9. The number of halogens is 4. The van der Waals surface area contributed by atoms with Gasteiger partial charge in [0.2, 0.25) is 0 Å². The second-order valence-corrected chi connectivity index (χ2v) is 8.49. The van der Waals surface area contributed by atoms with Crippen molar-refractivity contribution in [1.82, 2.24) is 19.6 Å². The lowest BCUT2D eigenvalue weighted by molar-refractivity contribution is 0.586. The first-order chi connectivity index (χ1) is 15.4. The van der Waals surface area contributed by atoms with E-state index in [1.165, 1.54) is 6.07 Å². The van der Waals surface area contributed by atoms with E-state index in [9.17, 15) is 4.39 Å². The van der Waals surface area contributed by atoms with Crippen LogP contribution in [0.25, 0.3) is 0 Å². The summed E-state index contributed by atoms with van der Waals surface area (Å²) in [6.45, 7) is 0.718. The molecule has 0 aliphatic rings. The summed E-state index contributed by atoms with van der Waals surface area (Å²) in [4.78, 5) is 0. The van der Waals surface area contributed by atoms with Gasteiger partial charge in [-0.05, 0) is 36.0 Å². The molecule has 32 heavy (non-hydrogen) atoms. The van der Waals surface area contributed by atoms with Crippen LogP contribution in [-0.2, 0) is 13.1 Å². The molecule has 2 aromatic carbocycles. The van der Waals surface area contributed by atoms with Crippen molar-refractivity contribution in [3.05, 3.63) is 92.9 Å². The van der Waals surface area contributed by atoms with Gasteiger partial charge in [0, 0.05) is 34.1 Å². The Labute approximate surface area is 203 Å². The zero-order valence-electron chi connectivity index (χ0n) is 16.4. The fourth-order valence-corrected chi connectivity index (χ4v) is 3.83. The SMILES string of the molecule is Fc1ccccc1Cn1ccc(NC(=S)Nc2nn(Cc3ccc(Cl)cc3Cl)cc2Cl)n1. The number of anilines is 2. The van der Waals surface area contributed by atoms with Crippen LogP contribution in [0.1, 0.15) is 11.1 Å². The maximum atomic E-state index is 13.8. The van der Waals surface area contributed by atoms with Crippen molar-refractivity contribution >= 4 is 63.8 Å². The molecule has 4 rings (SSSR count). The highest BCUT2D eigenvalue weighted by Gasteiger charge is 2.12. The van der Waals surface area contributed by atoms with Crippen LogP contribution < -0.4 is 10.6 Å². The van der Waals surface area contributed by atoms with Gasteiger partial charge in [-0.1, -0.05) is 59.1 Å². The Morgan fingerprint density at radius 1 is 0.906 bits per heavy atom. The largest absolute Gasteiger partial charge is 0.316 e. The molecule has 0 unspecified atom stereocenters. The molecular formula is C21H16Cl3FN6S. The molecule has 0 radical (unpaired) electrons. The smallest absolute Gasteiger partial charge is 0.177 e. The highest BCUT2D eigenvalue weighted by molar-refractivity contribution is 7.80. The van der Waals surface area contributed by atoms with E-state index in [4.69, 9.17) is 47.0 Å². The fraction of sp³-hybridized carbons (Fsp3) is 0.0952. The molecule has 0 atom stereocenters. The second kappa shape index (κ2) is 9.87. The predicted molar refractivity (Wildman–Crippen MR) is 130 cm³/mol. The molecule has 0 fully saturated rings. The summed E-state index contributed by atoms with van der Waals surface area (Å²) in [6.07, 6.45) is 3.40. The first kappa shape index (κ1) is 22.5. The minimum Gasteiger partial charge on any atom is -0.316 e. The zero-order valence-corrected chi connectivity index (χ0v) is 19.5. The lowest BCUT2D eigenvalue weighted by atomic mass is 10.2. The van der Waals surface area contributed by atoms with E-state index in [2.05, 4.69) is 20.8 Å². The first-order valence-electron chi connectivity index (χ1n) is 9.39. The van der Waals surface area contributed by atoms with E-state index in [1.54, 1.807) is 58.2 Å². The van der Waals surface area contributed by atoms with Crippen LogP contribution in [0.4, 0.5) is 16.0 Å². The Bertz CT molecular complexity index is 1270. The molecular weight excluding hydrogens is 494 g/mol. The summed E-state index contributed by atoms with van der Waals surface area (Å²) in [7, 11) is 0. The molecule has 11 heteroatoms. The number of aromatic nitrogens is 4. The minimum atomic E-state index is -0.278. The zero-order chi connectivity index (χ0) is 22.7. The fourth-order valence-electron chi connectivity index (χ4n) is 2.96. The molecule has 0 aliphatic heterocycles. The molecule has 0 spiro atoms. The Balaban J connectivity index is 1.37. The molecule has 164 valence electrons. The third-order valence-corrected chi connectivity index (χ3v) is 5.54. The van der Waals surface area contributed by atoms with Crippen molar-refractivity contribution in [3.63, 3.8) is 0 Å². The number of hydrogen-bond acceptors (Lipinski definition) is 3. The summed E-state index contributed by atoms with van der Waals surface area (Å²) >= 11 is 23.8. The Morgan fingerprint density at radius 2 is 1.69 bits per heavy atom.